The van der Waals surface area contributed by atoms with Crippen molar-refractivity contribution in [2.75, 3.05) is 40.6 Å². The van der Waals surface area contributed by atoms with Gasteiger partial charge in [0, 0.05) is 45.3 Å². The summed E-state index contributed by atoms with van der Waals surface area (Å²) in [4.78, 5) is 54.2. The van der Waals surface area contributed by atoms with Crippen LogP contribution in [0.1, 0.15) is 35.2 Å². The number of nitrogens with one attached hydrogen (secondary N) is 1. The molecule has 0 unspecified atom stereocenters. The molecular formula is C27H33N3O8. The van der Waals surface area contributed by atoms with Crippen molar-refractivity contribution in [1.82, 2.24) is 15.1 Å². The van der Waals surface area contributed by atoms with E-state index in [1.807, 2.05) is 0 Å². The number of aliphatic hydroxyl groups excluding tert-OH is 1. The number of nitrogens with zero attached hydrogens (tertiary/aromatic N) is 2. The molecule has 1 aromatic carbocycles. The zero-order chi connectivity index (χ0) is 27.2. The normalized spacial score (nSPS) is 24.6. The van der Waals surface area contributed by atoms with Crippen molar-refractivity contribution in [3.05, 3.63) is 53.1 Å². The summed E-state index contributed by atoms with van der Waals surface area (Å²) in [6.45, 7) is 0.362. The van der Waals surface area contributed by atoms with Crippen molar-refractivity contribution >= 4 is 29.8 Å². The molecule has 2 N–H and O–H groups in total. The standard InChI is InChI=1S/C27H33N3O8/c1-29(2)23(32)10-9-17-6-3-4-7-19(17)27(35)38-22-15-18(14-21-24(22)37-16-36-21)26(34)30-12-5-8-20(30)25(33)28-11-13-31/h3-4,6-7,9-10,14,20-22,24,31H,5,8,11-13,15-16H2,1-2H3,(H,28,33)/t20-,21-,22-,24-/m1/s1. The Morgan fingerprint density at radius 1 is 1.21 bits per heavy atom. The lowest BCUT2D eigenvalue weighted by Gasteiger charge is -2.32. The first-order chi connectivity index (χ1) is 18.3. The number of amides is 3. The number of benzene rings is 1. The van der Waals surface area contributed by atoms with Gasteiger partial charge >= 0.3 is 5.97 Å². The molecular weight excluding hydrogens is 494 g/mol. The number of hydrogen-bond acceptors (Lipinski definition) is 8. The molecule has 3 aliphatic rings. The zero-order valence-corrected chi connectivity index (χ0v) is 21.5. The second-order valence-electron chi connectivity index (χ2n) is 9.54. The van der Waals surface area contributed by atoms with Gasteiger partial charge in [-0.1, -0.05) is 18.2 Å². The molecule has 0 bridgehead atoms. The fraction of sp³-hybridized carbons (Fsp3) is 0.481. The van der Waals surface area contributed by atoms with E-state index >= 15 is 0 Å². The molecule has 0 radical (unpaired) electrons. The molecule has 1 aliphatic carbocycles. The Bertz CT molecular complexity index is 1130. The highest BCUT2D eigenvalue weighted by Gasteiger charge is 2.44. The molecule has 1 aromatic rings. The highest BCUT2D eigenvalue weighted by Crippen LogP contribution is 2.33. The van der Waals surface area contributed by atoms with Crippen molar-refractivity contribution in [1.29, 1.82) is 0 Å². The second-order valence-corrected chi connectivity index (χ2v) is 9.54. The number of esters is 1. The Kier molecular flexibility index (Phi) is 8.93. The van der Waals surface area contributed by atoms with Crippen LogP contribution in [0, 0.1) is 0 Å². The van der Waals surface area contributed by atoms with Crippen molar-refractivity contribution in [2.24, 2.45) is 0 Å². The van der Waals surface area contributed by atoms with Crippen molar-refractivity contribution in [3.63, 3.8) is 0 Å². The van der Waals surface area contributed by atoms with E-state index in [4.69, 9.17) is 19.3 Å². The number of carbonyl (C=O) groups is 4. The number of rotatable bonds is 8. The predicted molar refractivity (Wildman–Crippen MR) is 136 cm³/mol. The van der Waals surface area contributed by atoms with Crippen LogP contribution < -0.4 is 5.32 Å². The van der Waals surface area contributed by atoms with E-state index in [2.05, 4.69) is 5.32 Å². The van der Waals surface area contributed by atoms with Crippen molar-refractivity contribution in [2.45, 2.75) is 43.6 Å². The lowest BCUT2D eigenvalue weighted by atomic mass is 9.91. The third-order valence-electron chi connectivity index (χ3n) is 6.79. The molecule has 4 rings (SSSR count). The fourth-order valence-corrected chi connectivity index (χ4v) is 4.82. The summed E-state index contributed by atoms with van der Waals surface area (Å²) < 4.78 is 17.2. The molecule has 2 aliphatic heterocycles. The van der Waals surface area contributed by atoms with E-state index in [9.17, 15) is 19.2 Å². The smallest absolute Gasteiger partial charge is 0.339 e. The van der Waals surface area contributed by atoms with E-state index < -0.39 is 30.3 Å². The number of aliphatic hydroxyl groups is 1. The van der Waals surface area contributed by atoms with E-state index in [-0.39, 0.29) is 49.7 Å². The van der Waals surface area contributed by atoms with Crippen LogP contribution in [0.4, 0.5) is 0 Å². The molecule has 0 aromatic heterocycles. The van der Waals surface area contributed by atoms with Gasteiger partial charge in [-0.25, -0.2) is 4.79 Å². The first-order valence-electron chi connectivity index (χ1n) is 12.6. The topological polar surface area (TPSA) is 135 Å². The summed E-state index contributed by atoms with van der Waals surface area (Å²) in [5.41, 5.74) is 1.18. The average molecular weight is 528 g/mol. The van der Waals surface area contributed by atoms with Crippen LogP contribution in [-0.4, -0.2) is 104 Å². The van der Waals surface area contributed by atoms with Crippen molar-refractivity contribution < 1.29 is 38.5 Å². The van der Waals surface area contributed by atoms with E-state index in [1.165, 1.54) is 15.9 Å². The van der Waals surface area contributed by atoms with Crippen LogP contribution in [0.5, 0.6) is 0 Å². The minimum atomic E-state index is -0.788. The largest absolute Gasteiger partial charge is 0.456 e. The summed E-state index contributed by atoms with van der Waals surface area (Å²) in [6.07, 6.45) is 4.00. The van der Waals surface area contributed by atoms with Gasteiger partial charge in [0.2, 0.25) is 17.7 Å². The lowest BCUT2D eigenvalue weighted by molar-refractivity contribution is -0.136. The summed E-state index contributed by atoms with van der Waals surface area (Å²) in [6, 6.07) is 6.14. The van der Waals surface area contributed by atoms with Gasteiger partial charge in [-0.15, -0.1) is 0 Å². The molecule has 2 heterocycles. The SMILES string of the molecule is CN(C)C(=O)C=Cc1ccccc1C(=O)O[C@@H]1CC(C(=O)N2CCC[C@@H]2C(=O)NCCO)=C[C@H]2OCO[C@H]21. The Morgan fingerprint density at radius 3 is 2.76 bits per heavy atom. The van der Waals surface area contributed by atoms with Gasteiger partial charge in [0.05, 0.1) is 12.2 Å². The molecule has 0 spiro atoms. The van der Waals surface area contributed by atoms with Crippen LogP contribution in [0.2, 0.25) is 0 Å². The van der Waals surface area contributed by atoms with Gasteiger partial charge in [0.25, 0.3) is 0 Å². The second kappa shape index (κ2) is 12.3. The quantitative estimate of drug-likeness (QED) is 0.368. The minimum Gasteiger partial charge on any atom is -0.456 e. The summed E-state index contributed by atoms with van der Waals surface area (Å²) in [5, 5.41) is 11.6. The van der Waals surface area contributed by atoms with E-state index in [1.54, 1.807) is 50.5 Å². The number of likely N-dealkylation sites (tertiary alicyclic amines) is 1. The van der Waals surface area contributed by atoms with Crippen molar-refractivity contribution in [3.8, 4) is 0 Å². The number of fused-ring (bicyclic) bond motifs is 1. The molecule has 11 nitrogen and oxygen atoms in total. The maximum Gasteiger partial charge on any atom is 0.339 e. The average Bonchev–Trinajstić information content (AvgIpc) is 3.60. The zero-order valence-electron chi connectivity index (χ0n) is 21.5. The van der Waals surface area contributed by atoms with Gasteiger partial charge in [0.15, 0.2) is 0 Å². The van der Waals surface area contributed by atoms with Gasteiger partial charge in [0.1, 0.15) is 31.1 Å². The lowest BCUT2D eigenvalue weighted by Crippen LogP contribution is -2.49. The van der Waals surface area contributed by atoms with E-state index in [0.29, 0.717) is 30.5 Å². The van der Waals surface area contributed by atoms with Crippen LogP contribution in [0.3, 0.4) is 0 Å². The van der Waals surface area contributed by atoms with Crippen LogP contribution in [0.25, 0.3) is 6.08 Å². The van der Waals surface area contributed by atoms with Gasteiger partial charge in [-0.3, -0.25) is 14.4 Å². The Hall–Kier alpha value is -3.54. The number of carbonyl (C=O) groups excluding carboxylic acids is 4. The minimum absolute atomic E-state index is 0.00321. The molecule has 2 fully saturated rings. The summed E-state index contributed by atoms with van der Waals surface area (Å²) >= 11 is 0. The molecule has 204 valence electrons. The highest BCUT2D eigenvalue weighted by molar-refractivity contribution is 5.99. The Morgan fingerprint density at radius 2 is 2.00 bits per heavy atom. The summed E-state index contributed by atoms with van der Waals surface area (Å²) in [5.74, 6) is -1.46. The third-order valence-corrected chi connectivity index (χ3v) is 6.79. The summed E-state index contributed by atoms with van der Waals surface area (Å²) in [7, 11) is 3.27. The Labute approximate surface area is 221 Å². The molecule has 0 saturated carbocycles. The van der Waals surface area contributed by atoms with Gasteiger partial charge in [-0.2, -0.15) is 0 Å². The highest BCUT2D eigenvalue weighted by atomic mass is 16.7. The van der Waals surface area contributed by atoms with Crippen LogP contribution >= 0.6 is 0 Å². The number of likely N-dealkylation sites (N-methyl/N-ethyl adjacent to an activating group) is 1. The first kappa shape index (κ1) is 27.5. The van der Waals surface area contributed by atoms with Crippen LogP contribution in [-0.2, 0) is 28.6 Å². The molecule has 2 saturated heterocycles. The van der Waals surface area contributed by atoms with Gasteiger partial charge < -0.3 is 34.4 Å². The monoisotopic (exact) mass is 527 g/mol. The molecule has 38 heavy (non-hydrogen) atoms. The third kappa shape index (κ3) is 6.12. The van der Waals surface area contributed by atoms with Gasteiger partial charge in [-0.05, 0) is 36.6 Å². The predicted octanol–water partition coefficient (Wildman–Crippen LogP) is 0.485. The maximum absolute atomic E-state index is 13.5. The number of ether oxygens (including phenoxy) is 3. The molecule has 3 amide bonds. The number of hydrogen-bond donors (Lipinski definition) is 2. The van der Waals surface area contributed by atoms with E-state index in [0.717, 1.165) is 0 Å². The Balaban J connectivity index is 1.50. The fourth-order valence-electron chi connectivity index (χ4n) is 4.82. The molecule has 11 heteroatoms. The van der Waals surface area contributed by atoms with Crippen LogP contribution in [0.15, 0.2) is 42.0 Å². The maximum atomic E-state index is 13.5. The first-order valence-corrected chi connectivity index (χ1v) is 12.6. The molecule has 4 atom stereocenters.